The Morgan fingerprint density at radius 3 is 2.34 bits per heavy atom. The van der Waals surface area contributed by atoms with Crippen LogP contribution in [0.2, 0.25) is 0 Å². The normalized spacial score (nSPS) is 18.3. The molecule has 144 valence electrons. The van der Waals surface area contributed by atoms with Crippen LogP contribution >= 0.6 is 0 Å². The Balaban J connectivity index is 1.98. The fourth-order valence-electron chi connectivity index (χ4n) is 3.68. The molecule has 0 radical (unpaired) electrons. The zero-order valence-corrected chi connectivity index (χ0v) is 16.2. The van der Waals surface area contributed by atoms with Gasteiger partial charge in [0.1, 0.15) is 5.76 Å². The molecule has 4 rings (SSSR count). The summed E-state index contributed by atoms with van der Waals surface area (Å²) in [5.41, 5.74) is 3.79. The van der Waals surface area contributed by atoms with Crippen LogP contribution < -0.4 is 4.90 Å². The van der Waals surface area contributed by atoms with Gasteiger partial charge >= 0.3 is 0 Å². The van der Waals surface area contributed by atoms with E-state index in [0.29, 0.717) is 11.3 Å². The van der Waals surface area contributed by atoms with E-state index >= 15 is 0 Å². The van der Waals surface area contributed by atoms with Gasteiger partial charge in [0.05, 0.1) is 11.6 Å². The van der Waals surface area contributed by atoms with Crippen LogP contribution in [0.15, 0.2) is 78.6 Å². The van der Waals surface area contributed by atoms with Crippen LogP contribution in [0.4, 0.5) is 5.69 Å². The Labute approximate surface area is 169 Å². The van der Waals surface area contributed by atoms with Crippen LogP contribution in [-0.4, -0.2) is 21.8 Å². The number of nitrogens with zero attached hydrogens (tertiary/aromatic N) is 2. The molecule has 1 atom stereocenters. The molecule has 1 aromatic heterocycles. The van der Waals surface area contributed by atoms with Crippen LogP contribution in [-0.2, 0) is 9.59 Å². The van der Waals surface area contributed by atoms with Crippen molar-refractivity contribution in [2.75, 3.05) is 4.90 Å². The molecular formula is C24H20N2O3. The second-order valence-electron chi connectivity index (χ2n) is 7.11. The van der Waals surface area contributed by atoms with Gasteiger partial charge in [0, 0.05) is 23.6 Å². The first kappa shape index (κ1) is 18.6. The SMILES string of the molecule is Cc1ccc(C)c(N2C(=O)C(=O)/C(=C(/O)c3ccncc3)C2c2ccccc2)c1. The quantitative estimate of drug-likeness (QED) is 0.415. The Morgan fingerprint density at radius 2 is 1.66 bits per heavy atom. The van der Waals surface area contributed by atoms with E-state index < -0.39 is 17.7 Å². The average Bonchev–Trinajstić information content (AvgIpc) is 3.01. The van der Waals surface area contributed by atoms with Crippen molar-refractivity contribution in [2.24, 2.45) is 0 Å². The van der Waals surface area contributed by atoms with Crippen LogP contribution in [0.5, 0.6) is 0 Å². The summed E-state index contributed by atoms with van der Waals surface area (Å²) in [6.07, 6.45) is 3.07. The number of aliphatic hydroxyl groups is 1. The molecule has 1 amide bonds. The molecule has 0 spiro atoms. The molecule has 1 aliphatic heterocycles. The number of rotatable bonds is 3. The maximum absolute atomic E-state index is 13.1. The van der Waals surface area contributed by atoms with Gasteiger partial charge in [-0.15, -0.1) is 0 Å². The van der Waals surface area contributed by atoms with Gasteiger partial charge in [-0.25, -0.2) is 0 Å². The third kappa shape index (κ3) is 3.21. The summed E-state index contributed by atoms with van der Waals surface area (Å²) in [6, 6.07) is 17.6. The fraction of sp³-hybridized carbons (Fsp3) is 0.125. The van der Waals surface area contributed by atoms with Crippen molar-refractivity contribution in [3.8, 4) is 0 Å². The van der Waals surface area contributed by atoms with Crippen molar-refractivity contribution in [1.29, 1.82) is 0 Å². The lowest BCUT2D eigenvalue weighted by Crippen LogP contribution is -2.30. The van der Waals surface area contributed by atoms with E-state index in [0.717, 1.165) is 16.7 Å². The molecule has 2 heterocycles. The summed E-state index contributed by atoms with van der Waals surface area (Å²) in [7, 11) is 0. The molecule has 5 heteroatoms. The lowest BCUT2D eigenvalue weighted by atomic mass is 9.95. The number of carbonyl (C=O) groups excluding carboxylic acids is 2. The number of aryl methyl sites for hydroxylation is 2. The maximum Gasteiger partial charge on any atom is 0.300 e. The van der Waals surface area contributed by atoms with E-state index in [1.54, 1.807) is 12.1 Å². The summed E-state index contributed by atoms with van der Waals surface area (Å²) in [5, 5.41) is 11.0. The predicted octanol–water partition coefficient (Wildman–Crippen LogP) is 4.32. The number of hydrogen-bond acceptors (Lipinski definition) is 4. The number of benzene rings is 2. The second kappa shape index (κ2) is 7.36. The first-order valence-electron chi connectivity index (χ1n) is 9.32. The first-order valence-corrected chi connectivity index (χ1v) is 9.32. The summed E-state index contributed by atoms with van der Waals surface area (Å²) in [5.74, 6) is -1.55. The monoisotopic (exact) mass is 384 g/mol. The molecule has 0 aliphatic carbocycles. The Bertz CT molecular complexity index is 1120. The van der Waals surface area contributed by atoms with Crippen LogP contribution in [0.3, 0.4) is 0 Å². The molecule has 3 aromatic rings. The van der Waals surface area contributed by atoms with Gasteiger partial charge in [0.2, 0.25) is 0 Å². The van der Waals surface area contributed by atoms with Crippen molar-refractivity contribution in [1.82, 2.24) is 4.98 Å². The summed E-state index contributed by atoms with van der Waals surface area (Å²) >= 11 is 0. The molecule has 0 saturated carbocycles. The lowest BCUT2D eigenvalue weighted by Gasteiger charge is -2.27. The topological polar surface area (TPSA) is 70.5 Å². The zero-order valence-electron chi connectivity index (χ0n) is 16.2. The van der Waals surface area contributed by atoms with Gasteiger partial charge in [0.15, 0.2) is 0 Å². The van der Waals surface area contributed by atoms with E-state index in [4.69, 9.17) is 0 Å². The van der Waals surface area contributed by atoms with Gasteiger partial charge in [-0.05, 0) is 48.7 Å². The molecule has 1 fully saturated rings. The van der Waals surface area contributed by atoms with E-state index in [2.05, 4.69) is 4.98 Å². The van der Waals surface area contributed by atoms with Crippen molar-refractivity contribution < 1.29 is 14.7 Å². The largest absolute Gasteiger partial charge is 0.507 e. The van der Waals surface area contributed by atoms with Gasteiger partial charge in [-0.2, -0.15) is 0 Å². The minimum absolute atomic E-state index is 0.0771. The number of Topliss-reactive ketones (excluding diaryl/α,β-unsaturated/α-hetero) is 1. The summed E-state index contributed by atoms with van der Waals surface area (Å²) in [4.78, 5) is 31.6. The van der Waals surface area contributed by atoms with Crippen molar-refractivity contribution >= 4 is 23.1 Å². The van der Waals surface area contributed by atoms with Crippen LogP contribution in [0.25, 0.3) is 5.76 Å². The maximum atomic E-state index is 13.1. The highest BCUT2D eigenvalue weighted by molar-refractivity contribution is 6.51. The molecule has 0 bridgehead atoms. The van der Waals surface area contributed by atoms with E-state index in [1.165, 1.54) is 17.3 Å². The number of hydrogen-bond donors (Lipinski definition) is 1. The first-order chi connectivity index (χ1) is 14.0. The predicted molar refractivity (Wildman–Crippen MR) is 111 cm³/mol. The highest BCUT2D eigenvalue weighted by atomic mass is 16.3. The number of pyridine rings is 1. The number of carbonyl (C=O) groups is 2. The average molecular weight is 384 g/mol. The Hall–Kier alpha value is -3.73. The highest BCUT2D eigenvalue weighted by Gasteiger charge is 2.47. The Kier molecular flexibility index (Phi) is 4.72. The third-order valence-electron chi connectivity index (χ3n) is 5.14. The molecule has 29 heavy (non-hydrogen) atoms. The van der Waals surface area contributed by atoms with Crippen molar-refractivity contribution in [3.63, 3.8) is 0 Å². The third-order valence-corrected chi connectivity index (χ3v) is 5.14. The molecule has 1 saturated heterocycles. The van der Waals surface area contributed by atoms with Gasteiger partial charge in [-0.1, -0.05) is 42.5 Å². The summed E-state index contributed by atoms with van der Waals surface area (Å²) in [6.45, 7) is 3.84. The number of ketones is 1. The summed E-state index contributed by atoms with van der Waals surface area (Å²) < 4.78 is 0. The van der Waals surface area contributed by atoms with Crippen molar-refractivity contribution in [2.45, 2.75) is 19.9 Å². The van der Waals surface area contributed by atoms with Gasteiger partial charge in [0.25, 0.3) is 11.7 Å². The molecule has 1 aliphatic rings. The molecule has 2 aromatic carbocycles. The number of anilines is 1. The molecule has 5 nitrogen and oxygen atoms in total. The fourth-order valence-corrected chi connectivity index (χ4v) is 3.68. The molecule has 1 N–H and O–H groups in total. The van der Waals surface area contributed by atoms with Crippen molar-refractivity contribution in [3.05, 3.63) is 101 Å². The Morgan fingerprint density at radius 1 is 0.966 bits per heavy atom. The van der Waals surface area contributed by atoms with E-state index in [1.807, 2.05) is 62.4 Å². The standard InChI is InChI=1S/C24H20N2O3/c1-15-8-9-16(2)19(14-15)26-21(17-6-4-3-5-7-17)20(23(28)24(26)29)22(27)18-10-12-25-13-11-18/h3-14,21,27H,1-2H3/b22-20+. The zero-order chi connectivity index (χ0) is 20.5. The van der Waals surface area contributed by atoms with Gasteiger partial charge in [-0.3, -0.25) is 19.5 Å². The number of aliphatic hydroxyl groups excluding tert-OH is 1. The second-order valence-corrected chi connectivity index (χ2v) is 7.11. The minimum atomic E-state index is -0.718. The van der Waals surface area contributed by atoms with Crippen LogP contribution in [0, 0.1) is 13.8 Å². The lowest BCUT2D eigenvalue weighted by molar-refractivity contribution is -0.132. The van der Waals surface area contributed by atoms with Crippen LogP contribution in [0.1, 0.15) is 28.3 Å². The highest BCUT2D eigenvalue weighted by Crippen LogP contribution is 2.43. The smallest absolute Gasteiger partial charge is 0.300 e. The van der Waals surface area contributed by atoms with Gasteiger partial charge < -0.3 is 5.11 Å². The minimum Gasteiger partial charge on any atom is -0.507 e. The van der Waals surface area contributed by atoms with E-state index in [9.17, 15) is 14.7 Å². The number of aromatic nitrogens is 1. The van der Waals surface area contributed by atoms with E-state index in [-0.39, 0.29) is 11.3 Å². The molecule has 1 unspecified atom stereocenters. The molecular weight excluding hydrogens is 364 g/mol. The number of amides is 1.